The standard InChI is InChI=1S/C15H13NOS/c17-14(9-18)16-13-7-3-5-11-8-10-4-1-2-6-12(10)15(11)13/h1-7,18H,8-9H2,(H,16,17). The second-order valence-electron chi connectivity index (χ2n) is 4.38. The van der Waals surface area contributed by atoms with Crippen molar-refractivity contribution in [3.05, 3.63) is 53.6 Å². The summed E-state index contributed by atoms with van der Waals surface area (Å²) in [7, 11) is 0. The summed E-state index contributed by atoms with van der Waals surface area (Å²) >= 11 is 3.99. The van der Waals surface area contributed by atoms with Crippen molar-refractivity contribution in [1.82, 2.24) is 0 Å². The van der Waals surface area contributed by atoms with Gasteiger partial charge in [-0.1, -0.05) is 36.4 Å². The van der Waals surface area contributed by atoms with Crippen LogP contribution >= 0.6 is 12.6 Å². The molecule has 0 atom stereocenters. The van der Waals surface area contributed by atoms with Crippen LogP contribution in [-0.4, -0.2) is 11.7 Å². The predicted molar refractivity (Wildman–Crippen MR) is 77.2 cm³/mol. The molecule has 2 aromatic carbocycles. The summed E-state index contributed by atoms with van der Waals surface area (Å²) in [5.74, 6) is 0.127. The molecular weight excluding hydrogens is 242 g/mol. The van der Waals surface area contributed by atoms with Gasteiger partial charge in [0.2, 0.25) is 5.91 Å². The number of benzene rings is 2. The lowest BCUT2D eigenvalue weighted by Gasteiger charge is -2.10. The molecule has 0 aliphatic heterocycles. The molecule has 18 heavy (non-hydrogen) atoms. The first-order valence-electron chi connectivity index (χ1n) is 5.90. The van der Waals surface area contributed by atoms with Crippen molar-refractivity contribution in [2.45, 2.75) is 6.42 Å². The molecular formula is C15H13NOS. The number of anilines is 1. The van der Waals surface area contributed by atoms with Crippen LogP contribution in [0.3, 0.4) is 0 Å². The van der Waals surface area contributed by atoms with Gasteiger partial charge in [-0.2, -0.15) is 12.6 Å². The minimum atomic E-state index is -0.0730. The molecule has 0 spiro atoms. The smallest absolute Gasteiger partial charge is 0.234 e. The fourth-order valence-corrected chi connectivity index (χ4v) is 2.56. The van der Waals surface area contributed by atoms with Gasteiger partial charge in [0.25, 0.3) is 0 Å². The van der Waals surface area contributed by atoms with Gasteiger partial charge in [-0.05, 0) is 29.2 Å². The summed E-state index contributed by atoms with van der Waals surface area (Å²) in [5.41, 5.74) is 5.86. The lowest BCUT2D eigenvalue weighted by molar-refractivity contribution is -0.113. The van der Waals surface area contributed by atoms with E-state index in [1.54, 1.807) is 0 Å². The van der Waals surface area contributed by atoms with E-state index in [0.717, 1.165) is 17.7 Å². The molecule has 3 heteroatoms. The summed E-state index contributed by atoms with van der Waals surface area (Å²) in [6.07, 6.45) is 0.941. The van der Waals surface area contributed by atoms with Gasteiger partial charge in [0, 0.05) is 11.3 Å². The third kappa shape index (κ3) is 1.81. The highest BCUT2D eigenvalue weighted by atomic mass is 32.1. The largest absolute Gasteiger partial charge is 0.325 e. The topological polar surface area (TPSA) is 29.1 Å². The van der Waals surface area contributed by atoms with E-state index in [9.17, 15) is 4.79 Å². The van der Waals surface area contributed by atoms with E-state index >= 15 is 0 Å². The Hall–Kier alpha value is -1.74. The van der Waals surface area contributed by atoms with Crippen LogP contribution in [0.15, 0.2) is 42.5 Å². The van der Waals surface area contributed by atoms with Gasteiger partial charge in [-0.15, -0.1) is 0 Å². The van der Waals surface area contributed by atoms with Crippen LogP contribution in [0.5, 0.6) is 0 Å². The van der Waals surface area contributed by atoms with Crippen molar-refractivity contribution in [3.63, 3.8) is 0 Å². The molecule has 0 radical (unpaired) electrons. The van der Waals surface area contributed by atoms with Crippen LogP contribution in [0.25, 0.3) is 11.1 Å². The first kappa shape index (κ1) is 11.4. The van der Waals surface area contributed by atoms with E-state index in [2.05, 4.69) is 42.2 Å². The van der Waals surface area contributed by atoms with Crippen LogP contribution < -0.4 is 5.32 Å². The van der Waals surface area contributed by atoms with Crippen LogP contribution in [0.1, 0.15) is 11.1 Å². The van der Waals surface area contributed by atoms with Gasteiger partial charge in [-0.25, -0.2) is 0 Å². The zero-order valence-electron chi connectivity index (χ0n) is 9.81. The van der Waals surface area contributed by atoms with Crippen molar-refractivity contribution < 1.29 is 4.79 Å². The molecule has 1 aliphatic carbocycles. The molecule has 90 valence electrons. The maximum Gasteiger partial charge on any atom is 0.234 e. The SMILES string of the molecule is O=C(CS)Nc1cccc2c1-c1ccccc1C2. The first-order valence-corrected chi connectivity index (χ1v) is 6.53. The molecule has 0 heterocycles. The monoisotopic (exact) mass is 255 g/mol. The molecule has 1 aliphatic rings. The zero-order chi connectivity index (χ0) is 12.5. The van der Waals surface area contributed by atoms with Gasteiger partial charge < -0.3 is 5.32 Å². The van der Waals surface area contributed by atoms with Gasteiger partial charge in [0.1, 0.15) is 0 Å². The van der Waals surface area contributed by atoms with E-state index in [4.69, 9.17) is 0 Å². The third-order valence-corrected chi connectivity index (χ3v) is 3.52. The normalized spacial score (nSPS) is 11.8. The maximum atomic E-state index is 11.5. The highest BCUT2D eigenvalue weighted by Gasteiger charge is 2.21. The maximum absolute atomic E-state index is 11.5. The molecule has 3 rings (SSSR count). The van der Waals surface area contributed by atoms with E-state index in [-0.39, 0.29) is 11.7 Å². The van der Waals surface area contributed by atoms with Crippen LogP contribution in [0.2, 0.25) is 0 Å². The van der Waals surface area contributed by atoms with Crippen molar-refractivity contribution in [2.24, 2.45) is 0 Å². The van der Waals surface area contributed by atoms with E-state index in [1.807, 2.05) is 18.2 Å². The average Bonchev–Trinajstić information content (AvgIpc) is 2.78. The van der Waals surface area contributed by atoms with Crippen molar-refractivity contribution in [2.75, 3.05) is 11.1 Å². The second kappa shape index (κ2) is 4.50. The van der Waals surface area contributed by atoms with Crippen molar-refractivity contribution in [3.8, 4) is 11.1 Å². The van der Waals surface area contributed by atoms with Gasteiger partial charge in [-0.3, -0.25) is 4.79 Å². The molecule has 0 fully saturated rings. The number of thiol groups is 1. The summed E-state index contributed by atoms with van der Waals surface area (Å²) < 4.78 is 0. The number of amides is 1. The fourth-order valence-electron chi connectivity index (χ4n) is 2.48. The Bertz CT molecular complexity index is 622. The zero-order valence-corrected chi connectivity index (χ0v) is 10.7. The van der Waals surface area contributed by atoms with Gasteiger partial charge in [0.05, 0.1) is 5.75 Å². The summed E-state index contributed by atoms with van der Waals surface area (Å²) in [6.45, 7) is 0. The Balaban J connectivity index is 2.11. The molecule has 2 nitrogen and oxygen atoms in total. The van der Waals surface area contributed by atoms with Crippen molar-refractivity contribution in [1.29, 1.82) is 0 Å². The number of hydrogen-bond donors (Lipinski definition) is 2. The summed E-state index contributed by atoms with van der Waals surface area (Å²) in [5, 5.41) is 2.92. The summed E-state index contributed by atoms with van der Waals surface area (Å²) in [6, 6.07) is 14.4. The number of hydrogen-bond acceptors (Lipinski definition) is 2. The molecule has 0 aromatic heterocycles. The highest BCUT2D eigenvalue weighted by Crippen LogP contribution is 2.41. The lowest BCUT2D eigenvalue weighted by atomic mass is 10.0. The number of nitrogens with one attached hydrogen (secondary N) is 1. The number of rotatable bonds is 2. The van der Waals surface area contributed by atoms with Crippen LogP contribution in [-0.2, 0) is 11.2 Å². The Morgan fingerprint density at radius 2 is 1.89 bits per heavy atom. The Morgan fingerprint density at radius 3 is 2.72 bits per heavy atom. The Labute approximate surface area is 111 Å². The third-order valence-electron chi connectivity index (χ3n) is 3.24. The predicted octanol–water partition coefficient (Wildman–Crippen LogP) is 3.13. The molecule has 2 aromatic rings. The minimum Gasteiger partial charge on any atom is -0.325 e. The second-order valence-corrected chi connectivity index (χ2v) is 4.70. The Kier molecular flexibility index (Phi) is 2.84. The number of carbonyl (C=O) groups excluding carboxylic acids is 1. The lowest BCUT2D eigenvalue weighted by Crippen LogP contribution is -2.13. The molecule has 1 N–H and O–H groups in total. The molecule has 0 saturated heterocycles. The molecule has 0 bridgehead atoms. The molecule has 0 unspecified atom stereocenters. The van der Waals surface area contributed by atoms with E-state index in [0.29, 0.717) is 0 Å². The molecule has 1 amide bonds. The van der Waals surface area contributed by atoms with Gasteiger partial charge in [0.15, 0.2) is 0 Å². The number of carbonyl (C=O) groups is 1. The fraction of sp³-hybridized carbons (Fsp3) is 0.133. The Morgan fingerprint density at radius 1 is 1.11 bits per heavy atom. The quantitative estimate of drug-likeness (QED) is 0.677. The number of fused-ring (bicyclic) bond motifs is 3. The summed E-state index contributed by atoms with van der Waals surface area (Å²) in [4.78, 5) is 11.5. The average molecular weight is 255 g/mol. The van der Waals surface area contributed by atoms with Crippen molar-refractivity contribution >= 4 is 24.2 Å². The molecule has 0 saturated carbocycles. The van der Waals surface area contributed by atoms with Crippen LogP contribution in [0.4, 0.5) is 5.69 Å². The van der Waals surface area contributed by atoms with E-state index in [1.165, 1.54) is 16.7 Å². The first-order chi connectivity index (χ1) is 8.79. The van der Waals surface area contributed by atoms with Crippen LogP contribution in [0, 0.1) is 0 Å². The van der Waals surface area contributed by atoms with Gasteiger partial charge >= 0.3 is 0 Å². The highest BCUT2D eigenvalue weighted by molar-refractivity contribution is 7.81. The minimum absolute atomic E-state index is 0.0730. The van der Waals surface area contributed by atoms with E-state index < -0.39 is 0 Å².